The summed E-state index contributed by atoms with van der Waals surface area (Å²) in [6.07, 6.45) is 1.98. The molecule has 1 saturated heterocycles. The number of nitrogens with one attached hydrogen (secondary N) is 1. The van der Waals surface area contributed by atoms with Gasteiger partial charge >= 0.3 is 0 Å². The average molecular weight is 357 g/mol. The van der Waals surface area contributed by atoms with Gasteiger partial charge in [-0.1, -0.05) is 23.2 Å². The molecule has 1 saturated carbocycles. The lowest BCUT2D eigenvalue weighted by Gasteiger charge is -2.38. The van der Waals surface area contributed by atoms with Crippen LogP contribution < -0.4 is 5.32 Å². The van der Waals surface area contributed by atoms with E-state index in [-0.39, 0.29) is 46.0 Å². The number of nitrogens with zero attached hydrogens (tertiary/aromatic N) is 1. The van der Waals surface area contributed by atoms with Crippen molar-refractivity contribution < 1.29 is 14.7 Å². The van der Waals surface area contributed by atoms with Crippen LogP contribution in [0.1, 0.15) is 30.1 Å². The smallest absolute Gasteiger partial charge is 0.255 e. The summed E-state index contributed by atoms with van der Waals surface area (Å²) in [5.74, 6) is -0.0742. The molecule has 124 valence electrons. The van der Waals surface area contributed by atoms with Gasteiger partial charge in [-0.05, 0) is 36.8 Å². The van der Waals surface area contributed by atoms with E-state index in [9.17, 15) is 14.7 Å². The third kappa shape index (κ3) is 3.12. The predicted molar refractivity (Wildman–Crippen MR) is 87.8 cm³/mol. The Hall–Kier alpha value is -1.46. The minimum Gasteiger partial charge on any atom is -0.506 e. The summed E-state index contributed by atoms with van der Waals surface area (Å²) in [6.45, 7) is 2.91. The summed E-state index contributed by atoms with van der Waals surface area (Å²) in [5.41, 5.74) is 0.0795. The lowest BCUT2D eigenvalue weighted by Crippen LogP contribution is -2.53. The van der Waals surface area contributed by atoms with Gasteiger partial charge in [-0.25, -0.2) is 0 Å². The minimum atomic E-state index is -0.384. The monoisotopic (exact) mass is 356 g/mol. The Morgan fingerprint density at radius 1 is 1.22 bits per heavy atom. The Bertz CT molecular complexity index is 651. The van der Waals surface area contributed by atoms with Gasteiger partial charge in [0.05, 0.1) is 10.6 Å². The number of halogens is 2. The van der Waals surface area contributed by atoms with E-state index in [1.807, 2.05) is 4.90 Å². The van der Waals surface area contributed by atoms with E-state index in [4.69, 9.17) is 23.2 Å². The molecule has 2 unspecified atom stereocenters. The van der Waals surface area contributed by atoms with Crippen LogP contribution in [0.5, 0.6) is 5.75 Å². The van der Waals surface area contributed by atoms with E-state index >= 15 is 0 Å². The number of phenols is 1. The number of hydrogen-bond acceptors (Lipinski definition) is 3. The first-order valence-corrected chi connectivity index (χ1v) is 8.36. The second kappa shape index (κ2) is 6.21. The van der Waals surface area contributed by atoms with Crippen LogP contribution in [0.4, 0.5) is 0 Å². The molecule has 5 nitrogen and oxygen atoms in total. The highest BCUT2D eigenvalue weighted by Crippen LogP contribution is 2.38. The molecule has 0 aromatic heterocycles. The molecule has 2 amide bonds. The van der Waals surface area contributed by atoms with Gasteiger partial charge in [-0.15, -0.1) is 0 Å². The van der Waals surface area contributed by atoms with Crippen molar-refractivity contribution in [3.05, 3.63) is 27.7 Å². The van der Waals surface area contributed by atoms with E-state index in [0.29, 0.717) is 18.1 Å². The summed E-state index contributed by atoms with van der Waals surface area (Å²) < 4.78 is 0. The number of piperidine rings is 1. The summed E-state index contributed by atoms with van der Waals surface area (Å²) in [6, 6.07) is 2.81. The van der Waals surface area contributed by atoms with Crippen molar-refractivity contribution in [2.24, 2.45) is 11.8 Å². The lowest BCUT2D eigenvalue weighted by atomic mass is 9.91. The molecule has 7 heteroatoms. The molecule has 1 heterocycles. The molecular weight excluding hydrogens is 339 g/mol. The zero-order chi connectivity index (χ0) is 16.7. The van der Waals surface area contributed by atoms with Crippen LogP contribution in [0.3, 0.4) is 0 Å². The SMILES string of the molecule is CC(=O)N1CC2CCC(C1)C2NC(=O)c1cc(Cl)cc(Cl)c1O. The summed E-state index contributed by atoms with van der Waals surface area (Å²) in [5, 5.41) is 13.3. The maximum absolute atomic E-state index is 12.5. The number of aromatic hydroxyl groups is 1. The molecule has 2 N–H and O–H groups in total. The first kappa shape index (κ1) is 16.4. The van der Waals surface area contributed by atoms with Crippen LogP contribution in [0.25, 0.3) is 0 Å². The quantitative estimate of drug-likeness (QED) is 0.855. The maximum Gasteiger partial charge on any atom is 0.255 e. The summed E-state index contributed by atoms with van der Waals surface area (Å²) >= 11 is 11.8. The van der Waals surface area contributed by atoms with Gasteiger partial charge in [0.2, 0.25) is 5.91 Å². The second-order valence-electron chi connectivity index (χ2n) is 6.30. The van der Waals surface area contributed by atoms with Crippen molar-refractivity contribution in [1.82, 2.24) is 10.2 Å². The number of fused-ring (bicyclic) bond motifs is 2. The molecule has 2 bridgehead atoms. The number of rotatable bonds is 2. The lowest BCUT2D eigenvalue weighted by molar-refractivity contribution is -0.131. The largest absolute Gasteiger partial charge is 0.506 e. The van der Waals surface area contributed by atoms with E-state index in [0.717, 1.165) is 12.8 Å². The highest BCUT2D eigenvalue weighted by atomic mass is 35.5. The van der Waals surface area contributed by atoms with Crippen molar-refractivity contribution in [1.29, 1.82) is 0 Å². The molecule has 3 rings (SSSR count). The molecule has 0 radical (unpaired) electrons. The standard InChI is InChI=1S/C16H18Cl2N2O3/c1-8(21)20-6-9-2-3-10(7-20)14(9)19-16(23)12-4-11(17)5-13(18)15(12)22/h4-5,9-10,14,22H,2-3,6-7H2,1H3,(H,19,23). The summed E-state index contributed by atoms with van der Waals surface area (Å²) in [7, 11) is 0. The van der Waals surface area contributed by atoms with E-state index < -0.39 is 0 Å². The normalized spacial score (nSPS) is 26.2. The molecule has 23 heavy (non-hydrogen) atoms. The molecule has 0 spiro atoms. The number of benzene rings is 1. The topological polar surface area (TPSA) is 69.6 Å². The van der Waals surface area contributed by atoms with Gasteiger partial charge in [0.15, 0.2) is 0 Å². The van der Waals surface area contributed by atoms with Crippen molar-refractivity contribution in [2.75, 3.05) is 13.1 Å². The molecule has 1 aromatic rings. The van der Waals surface area contributed by atoms with Gasteiger partial charge in [-0.3, -0.25) is 9.59 Å². The molecule has 1 aliphatic heterocycles. The third-order valence-corrected chi connectivity index (χ3v) is 5.36. The van der Waals surface area contributed by atoms with Gasteiger partial charge < -0.3 is 15.3 Å². The third-order valence-electron chi connectivity index (χ3n) is 4.85. The molecule has 1 aliphatic carbocycles. The number of likely N-dealkylation sites (tertiary alicyclic amines) is 1. The van der Waals surface area contributed by atoms with Crippen LogP contribution in [-0.2, 0) is 4.79 Å². The highest BCUT2D eigenvalue weighted by molar-refractivity contribution is 6.36. The summed E-state index contributed by atoms with van der Waals surface area (Å²) in [4.78, 5) is 25.9. The Kier molecular flexibility index (Phi) is 4.43. The Labute approximate surface area is 144 Å². The fraction of sp³-hybridized carbons (Fsp3) is 0.500. The van der Waals surface area contributed by atoms with Crippen LogP contribution in [0, 0.1) is 11.8 Å². The number of carbonyl (C=O) groups is 2. The first-order chi connectivity index (χ1) is 10.9. The molecule has 2 aliphatic rings. The maximum atomic E-state index is 12.5. The van der Waals surface area contributed by atoms with Crippen molar-refractivity contribution in [2.45, 2.75) is 25.8 Å². The van der Waals surface area contributed by atoms with Gasteiger partial charge in [-0.2, -0.15) is 0 Å². The zero-order valence-electron chi connectivity index (χ0n) is 12.7. The van der Waals surface area contributed by atoms with Crippen LogP contribution in [0.15, 0.2) is 12.1 Å². The van der Waals surface area contributed by atoms with Gasteiger partial charge in [0.25, 0.3) is 5.91 Å². The number of amides is 2. The van der Waals surface area contributed by atoms with Crippen LogP contribution in [-0.4, -0.2) is 41.0 Å². The second-order valence-corrected chi connectivity index (χ2v) is 7.15. The Balaban J connectivity index is 1.76. The number of phenolic OH excluding ortho intramolecular Hbond substituents is 1. The van der Waals surface area contributed by atoms with Gasteiger partial charge in [0, 0.05) is 31.1 Å². The molecule has 2 fully saturated rings. The Morgan fingerprint density at radius 2 is 1.83 bits per heavy atom. The highest BCUT2D eigenvalue weighted by Gasteiger charge is 2.43. The van der Waals surface area contributed by atoms with E-state index in [1.54, 1.807) is 6.92 Å². The van der Waals surface area contributed by atoms with E-state index in [2.05, 4.69) is 5.32 Å². The fourth-order valence-electron chi connectivity index (χ4n) is 3.68. The van der Waals surface area contributed by atoms with Crippen LogP contribution >= 0.6 is 23.2 Å². The van der Waals surface area contributed by atoms with E-state index in [1.165, 1.54) is 12.1 Å². The fourth-order valence-corrected chi connectivity index (χ4v) is 4.18. The number of carbonyl (C=O) groups excluding carboxylic acids is 2. The first-order valence-electron chi connectivity index (χ1n) is 7.61. The minimum absolute atomic E-state index is 0.00950. The molecule has 1 aromatic carbocycles. The zero-order valence-corrected chi connectivity index (χ0v) is 14.2. The van der Waals surface area contributed by atoms with Crippen LogP contribution in [0.2, 0.25) is 10.0 Å². The van der Waals surface area contributed by atoms with Crippen molar-refractivity contribution >= 4 is 35.0 Å². The molecular formula is C16H18Cl2N2O3. The van der Waals surface area contributed by atoms with Crippen molar-refractivity contribution in [3.8, 4) is 5.75 Å². The average Bonchev–Trinajstić information content (AvgIpc) is 2.72. The number of hydrogen-bond donors (Lipinski definition) is 2. The van der Waals surface area contributed by atoms with Crippen molar-refractivity contribution in [3.63, 3.8) is 0 Å². The van der Waals surface area contributed by atoms with Gasteiger partial charge in [0.1, 0.15) is 5.75 Å². The Morgan fingerprint density at radius 3 is 2.39 bits per heavy atom. The predicted octanol–water partition coefficient (Wildman–Crippen LogP) is 2.69. The molecule has 2 atom stereocenters.